The highest BCUT2D eigenvalue weighted by Crippen LogP contribution is 2.31. The first kappa shape index (κ1) is 19.5. The second-order valence-corrected chi connectivity index (χ2v) is 7.69. The van der Waals surface area contributed by atoms with Gasteiger partial charge in [-0.3, -0.25) is 4.55 Å². The van der Waals surface area contributed by atoms with Gasteiger partial charge in [0, 0.05) is 21.6 Å². The maximum absolute atomic E-state index is 10.7. The van der Waals surface area contributed by atoms with E-state index in [9.17, 15) is 23.7 Å². The summed E-state index contributed by atoms with van der Waals surface area (Å²) in [5.74, 6) is 0.309. The first-order chi connectivity index (χ1) is 12.2. The number of halogens is 1. The molecule has 3 rings (SSSR count). The van der Waals surface area contributed by atoms with Crippen molar-refractivity contribution in [3.05, 3.63) is 28.9 Å². The third-order valence-corrected chi connectivity index (χ3v) is 4.83. The number of fused-ring (bicyclic) bond motifs is 1. The van der Waals surface area contributed by atoms with Crippen LogP contribution in [-0.4, -0.2) is 70.6 Å². The largest absolute Gasteiger partial charge is 0.460 e. The van der Waals surface area contributed by atoms with Gasteiger partial charge in [0.25, 0.3) is 0 Å². The van der Waals surface area contributed by atoms with E-state index in [4.69, 9.17) is 14.0 Å². The monoisotopic (exact) mass is 453 g/mol. The number of benzene rings is 1. The lowest BCUT2D eigenvalue weighted by atomic mass is 9.99. The molecule has 0 radical (unpaired) electrons. The average Bonchev–Trinajstić information content (AvgIpc) is 2.95. The Morgan fingerprint density at radius 1 is 1.19 bits per heavy atom. The molecule has 0 amide bonds. The molecule has 144 valence electrons. The Kier molecular flexibility index (Phi) is 5.55. The maximum atomic E-state index is 10.7. The molecule has 26 heavy (non-hydrogen) atoms. The number of aliphatic hydroxyl groups excluding tert-OH is 3. The molecule has 0 unspecified atom stereocenters. The van der Waals surface area contributed by atoms with Crippen molar-refractivity contribution in [3.63, 3.8) is 0 Å². The van der Waals surface area contributed by atoms with Gasteiger partial charge in [0.15, 0.2) is 0 Å². The van der Waals surface area contributed by atoms with Crippen LogP contribution in [0, 0.1) is 0 Å². The van der Waals surface area contributed by atoms with Crippen LogP contribution in [0.5, 0.6) is 5.75 Å². The van der Waals surface area contributed by atoms with E-state index in [-0.39, 0.29) is 0 Å². The summed E-state index contributed by atoms with van der Waals surface area (Å²) in [6, 6.07) is 5.38. The fraction of sp³-hybridized carbons (Fsp3) is 0.429. The molecular formula is C14H16BrNO9S. The molecule has 1 aliphatic rings. The molecule has 10 nitrogen and oxygen atoms in total. The van der Waals surface area contributed by atoms with Gasteiger partial charge in [-0.1, -0.05) is 15.9 Å². The molecule has 0 spiro atoms. The zero-order chi connectivity index (χ0) is 19.1. The third-order valence-electron chi connectivity index (χ3n) is 3.90. The molecule has 1 saturated heterocycles. The minimum Gasteiger partial charge on any atom is -0.460 e. The molecule has 1 aliphatic heterocycles. The van der Waals surface area contributed by atoms with Gasteiger partial charge in [0.1, 0.15) is 30.2 Å². The topological polar surface area (TPSA) is 159 Å². The van der Waals surface area contributed by atoms with E-state index >= 15 is 0 Å². The minimum atomic E-state index is -4.77. The van der Waals surface area contributed by atoms with Crippen LogP contribution >= 0.6 is 15.9 Å². The standard InChI is InChI=1S/C14H16BrNO9S/c15-6-1-2-8-7(3-6)9(4-16-8)24-14-13(19)12(18)11(17)10(25-14)5-23-26(20,21)22/h1-4,10-14,16-19H,5H2,(H,20,21,22)/t10-,11+,12+,13-,14-/m1/s1. The summed E-state index contributed by atoms with van der Waals surface area (Å²) in [5.41, 5.74) is 0.750. The molecule has 1 aromatic heterocycles. The molecule has 1 aromatic carbocycles. The van der Waals surface area contributed by atoms with Gasteiger partial charge >= 0.3 is 10.4 Å². The van der Waals surface area contributed by atoms with Crippen LogP contribution in [0.2, 0.25) is 0 Å². The molecule has 0 saturated carbocycles. The van der Waals surface area contributed by atoms with Crippen molar-refractivity contribution in [1.82, 2.24) is 4.98 Å². The number of hydrogen-bond acceptors (Lipinski definition) is 8. The Balaban J connectivity index is 1.80. The van der Waals surface area contributed by atoms with Gasteiger partial charge in [0.2, 0.25) is 6.29 Å². The van der Waals surface area contributed by atoms with Crippen molar-refractivity contribution in [2.45, 2.75) is 30.7 Å². The molecule has 5 N–H and O–H groups in total. The van der Waals surface area contributed by atoms with Crippen LogP contribution in [0.15, 0.2) is 28.9 Å². The lowest BCUT2D eigenvalue weighted by molar-refractivity contribution is -0.276. The summed E-state index contributed by atoms with van der Waals surface area (Å²) in [6.45, 7) is -0.775. The van der Waals surface area contributed by atoms with E-state index in [1.54, 1.807) is 12.1 Å². The highest BCUT2D eigenvalue weighted by atomic mass is 79.9. The molecular weight excluding hydrogens is 438 g/mol. The number of aromatic nitrogens is 1. The van der Waals surface area contributed by atoms with Crippen molar-refractivity contribution in [2.24, 2.45) is 0 Å². The van der Waals surface area contributed by atoms with Crippen molar-refractivity contribution >= 4 is 37.2 Å². The smallest absolute Gasteiger partial charge is 0.397 e. The van der Waals surface area contributed by atoms with Crippen molar-refractivity contribution in [3.8, 4) is 5.75 Å². The molecule has 2 aromatic rings. The van der Waals surface area contributed by atoms with E-state index in [1.165, 1.54) is 6.20 Å². The third kappa shape index (κ3) is 4.18. The van der Waals surface area contributed by atoms with Gasteiger partial charge < -0.3 is 29.8 Å². The normalized spacial score (nSPS) is 29.8. The summed E-state index contributed by atoms with van der Waals surface area (Å²) in [4.78, 5) is 2.96. The average molecular weight is 454 g/mol. The zero-order valence-corrected chi connectivity index (χ0v) is 15.4. The van der Waals surface area contributed by atoms with E-state index < -0.39 is 47.7 Å². The predicted octanol–water partition coefficient (Wildman–Crippen LogP) is -0.0638. The first-order valence-corrected chi connectivity index (χ1v) is 9.56. The highest BCUT2D eigenvalue weighted by Gasteiger charge is 2.45. The second kappa shape index (κ2) is 7.40. The quantitative estimate of drug-likeness (QED) is 0.390. The van der Waals surface area contributed by atoms with Gasteiger partial charge in [-0.05, 0) is 18.2 Å². The van der Waals surface area contributed by atoms with Crippen LogP contribution in [0.25, 0.3) is 10.9 Å². The molecule has 5 atom stereocenters. The summed E-state index contributed by atoms with van der Waals surface area (Å²) >= 11 is 3.33. The van der Waals surface area contributed by atoms with Gasteiger partial charge in [-0.2, -0.15) is 8.42 Å². The number of H-pyrrole nitrogens is 1. The number of rotatable bonds is 5. The molecule has 2 heterocycles. The van der Waals surface area contributed by atoms with Gasteiger partial charge in [-0.15, -0.1) is 0 Å². The number of aliphatic hydroxyl groups is 3. The fourth-order valence-electron chi connectivity index (χ4n) is 2.59. The zero-order valence-electron chi connectivity index (χ0n) is 13.0. The lowest BCUT2D eigenvalue weighted by Crippen LogP contribution is -2.60. The SMILES string of the molecule is O=S(=O)(O)OC[C@H]1O[C@@H](Oc2c[nH]c3ccc(Br)cc23)[C@H](O)[C@@H](O)[C@H]1O. The lowest BCUT2D eigenvalue weighted by Gasteiger charge is -2.39. The van der Waals surface area contributed by atoms with E-state index in [1.807, 2.05) is 6.07 Å². The predicted molar refractivity (Wildman–Crippen MR) is 90.8 cm³/mol. The maximum Gasteiger partial charge on any atom is 0.397 e. The number of hydrogen-bond donors (Lipinski definition) is 5. The Morgan fingerprint density at radius 3 is 2.62 bits per heavy atom. The Labute approximate surface area is 156 Å². The second-order valence-electron chi connectivity index (χ2n) is 5.69. The summed E-state index contributed by atoms with van der Waals surface area (Å²) in [7, 11) is -4.77. The van der Waals surface area contributed by atoms with E-state index in [0.29, 0.717) is 11.1 Å². The van der Waals surface area contributed by atoms with Gasteiger partial charge in [-0.25, -0.2) is 4.18 Å². The first-order valence-electron chi connectivity index (χ1n) is 7.40. The van der Waals surface area contributed by atoms with Crippen molar-refractivity contribution in [2.75, 3.05) is 6.61 Å². The molecule has 0 bridgehead atoms. The number of aromatic amines is 1. The van der Waals surface area contributed by atoms with Crippen molar-refractivity contribution < 1.29 is 41.9 Å². The van der Waals surface area contributed by atoms with Crippen molar-refractivity contribution in [1.29, 1.82) is 0 Å². The Hall–Kier alpha value is -1.25. The van der Waals surface area contributed by atoms with Crippen LogP contribution < -0.4 is 4.74 Å². The molecule has 1 fully saturated rings. The molecule has 12 heteroatoms. The Bertz CT molecular complexity index is 886. The van der Waals surface area contributed by atoms with Crippen LogP contribution in [0.4, 0.5) is 0 Å². The van der Waals surface area contributed by atoms with Gasteiger partial charge in [0.05, 0.1) is 6.61 Å². The highest BCUT2D eigenvalue weighted by molar-refractivity contribution is 9.10. The summed E-state index contributed by atoms with van der Waals surface area (Å²) in [5, 5.41) is 30.6. The van der Waals surface area contributed by atoms with E-state index in [2.05, 4.69) is 25.1 Å². The van der Waals surface area contributed by atoms with E-state index in [0.717, 1.165) is 9.99 Å². The van der Waals surface area contributed by atoms with Crippen LogP contribution in [0.1, 0.15) is 0 Å². The Morgan fingerprint density at radius 2 is 1.92 bits per heavy atom. The number of nitrogens with one attached hydrogen (secondary N) is 1. The fourth-order valence-corrected chi connectivity index (χ4v) is 3.26. The van der Waals surface area contributed by atoms with Crippen LogP contribution in [-0.2, 0) is 19.3 Å². The molecule has 0 aliphatic carbocycles. The minimum absolute atomic E-state index is 0.309. The summed E-state index contributed by atoms with van der Waals surface area (Å²) < 4.78 is 45.9. The van der Waals surface area contributed by atoms with Crippen LogP contribution in [0.3, 0.4) is 0 Å². The number of ether oxygens (including phenoxy) is 2. The summed E-state index contributed by atoms with van der Waals surface area (Å²) in [6.07, 6.45) is -6.19.